The van der Waals surface area contributed by atoms with Crippen molar-refractivity contribution in [1.82, 2.24) is 0 Å². The molecule has 0 aliphatic heterocycles. The highest BCUT2D eigenvalue weighted by molar-refractivity contribution is 5.44. The molecule has 0 atom stereocenters. The minimum absolute atomic E-state index is 0.796. The number of benzene rings is 2. The third kappa shape index (κ3) is 3.02. The van der Waals surface area contributed by atoms with Gasteiger partial charge >= 0.3 is 0 Å². The molecule has 0 bridgehead atoms. The van der Waals surface area contributed by atoms with Gasteiger partial charge in [0.05, 0.1) is 11.4 Å². The van der Waals surface area contributed by atoms with E-state index in [0.717, 1.165) is 16.9 Å². The predicted molar refractivity (Wildman–Crippen MR) is 69.7 cm³/mol. The normalized spacial score (nSPS) is 10.4. The molecule has 0 amide bonds. The van der Waals surface area contributed by atoms with Gasteiger partial charge in [-0.25, -0.2) is 0 Å². The van der Waals surface area contributed by atoms with Crippen LogP contribution in [0.4, 0.5) is 11.4 Å². The number of rotatable bonds is 2. The molecule has 0 aliphatic rings. The standard InChI is InChI=1S/C15H12N2/c1-3-13-6-10-15(11-7-13)17-16-14-8-4-12(2)5-9-14/h1,4-11H,2H3/b17-16+. The van der Waals surface area contributed by atoms with Gasteiger partial charge in [0.25, 0.3) is 0 Å². The number of azo groups is 1. The van der Waals surface area contributed by atoms with E-state index in [9.17, 15) is 0 Å². The van der Waals surface area contributed by atoms with E-state index in [1.54, 1.807) is 0 Å². The molecule has 0 radical (unpaired) electrons. The topological polar surface area (TPSA) is 24.7 Å². The zero-order chi connectivity index (χ0) is 12.1. The SMILES string of the molecule is C#Cc1ccc(/N=N/c2ccc(C)cc2)cc1. The summed E-state index contributed by atoms with van der Waals surface area (Å²) in [6.45, 7) is 2.04. The van der Waals surface area contributed by atoms with Crippen LogP contribution in [-0.4, -0.2) is 0 Å². The Bertz CT molecular complexity index is 557. The first-order valence-corrected chi connectivity index (χ1v) is 5.33. The van der Waals surface area contributed by atoms with Crippen molar-refractivity contribution >= 4 is 11.4 Å². The fraction of sp³-hybridized carbons (Fsp3) is 0.0667. The molecular weight excluding hydrogens is 208 g/mol. The predicted octanol–water partition coefficient (Wildman–Crippen LogP) is 4.39. The number of terminal acetylenes is 1. The third-order valence-electron chi connectivity index (χ3n) is 2.35. The molecule has 0 N–H and O–H groups in total. The Kier molecular flexibility index (Phi) is 3.32. The molecule has 2 rings (SSSR count). The lowest BCUT2D eigenvalue weighted by atomic mass is 10.2. The van der Waals surface area contributed by atoms with Crippen molar-refractivity contribution in [3.63, 3.8) is 0 Å². The lowest BCUT2D eigenvalue weighted by Crippen LogP contribution is -1.71. The summed E-state index contributed by atoms with van der Waals surface area (Å²) in [6.07, 6.45) is 5.28. The average molecular weight is 220 g/mol. The molecule has 0 aliphatic carbocycles. The molecule has 2 aromatic rings. The van der Waals surface area contributed by atoms with Crippen molar-refractivity contribution in [2.24, 2.45) is 10.2 Å². The lowest BCUT2D eigenvalue weighted by Gasteiger charge is -1.95. The lowest BCUT2D eigenvalue weighted by molar-refractivity contribution is 1.23. The van der Waals surface area contributed by atoms with Crippen molar-refractivity contribution in [3.8, 4) is 12.3 Å². The zero-order valence-corrected chi connectivity index (χ0v) is 9.59. The van der Waals surface area contributed by atoms with Crippen LogP contribution in [0.2, 0.25) is 0 Å². The molecule has 0 aromatic heterocycles. The van der Waals surface area contributed by atoms with Crippen LogP contribution in [0.1, 0.15) is 11.1 Å². The van der Waals surface area contributed by atoms with Crippen molar-refractivity contribution in [2.75, 3.05) is 0 Å². The van der Waals surface area contributed by atoms with Gasteiger partial charge in [0.1, 0.15) is 0 Å². The summed E-state index contributed by atoms with van der Waals surface area (Å²) < 4.78 is 0. The van der Waals surface area contributed by atoms with Gasteiger partial charge in [0.15, 0.2) is 0 Å². The Morgan fingerprint density at radius 1 is 0.824 bits per heavy atom. The quantitative estimate of drug-likeness (QED) is 0.529. The Balaban J connectivity index is 2.14. The van der Waals surface area contributed by atoms with Crippen LogP contribution in [0.5, 0.6) is 0 Å². The van der Waals surface area contributed by atoms with Gasteiger partial charge in [-0.15, -0.1) is 6.42 Å². The fourth-order valence-corrected chi connectivity index (χ4v) is 1.35. The maximum absolute atomic E-state index is 5.28. The Hall–Kier alpha value is -2.40. The minimum Gasteiger partial charge on any atom is -0.151 e. The van der Waals surface area contributed by atoms with E-state index in [-0.39, 0.29) is 0 Å². The smallest absolute Gasteiger partial charge is 0.0857 e. The summed E-state index contributed by atoms with van der Waals surface area (Å²) in [5.74, 6) is 2.56. The average Bonchev–Trinajstić information content (AvgIpc) is 2.39. The highest BCUT2D eigenvalue weighted by atomic mass is 15.1. The zero-order valence-electron chi connectivity index (χ0n) is 9.59. The molecular formula is C15H12N2. The molecule has 82 valence electrons. The summed E-state index contributed by atoms with van der Waals surface area (Å²) in [5, 5.41) is 8.28. The van der Waals surface area contributed by atoms with Crippen molar-refractivity contribution in [2.45, 2.75) is 6.92 Å². The Morgan fingerprint density at radius 2 is 1.29 bits per heavy atom. The van der Waals surface area contributed by atoms with Gasteiger partial charge < -0.3 is 0 Å². The van der Waals surface area contributed by atoms with E-state index in [1.165, 1.54) is 5.56 Å². The molecule has 2 aromatic carbocycles. The van der Waals surface area contributed by atoms with Gasteiger partial charge in [-0.3, -0.25) is 0 Å². The number of nitrogens with zero attached hydrogens (tertiary/aromatic N) is 2. The van der Waals surface area contributed by atoms with Crippen LogP contribution in [0.25, 0.3) is 0 Å². The van der Waals surface area contributed by atoms with Crippen LogP contribution in [0.3, 0.4) is 0 Å². The Morgan fingerprint density at radius 3 is 1.76 bits per heavy atom. The molecule has 0 saturated heterocycles. The largest absolute Gasteiger partial charge is 0.151 e. The van der Waals surface area contributed by atoms with E-state index in [2.05, 4.69) is 16.1 Å². The van der Waals surface area contributed by atoms with Gasteiger partial charge in [-0.05, 0) is 43.3 Å². The van der Waals surface area contributed by atoms with Gasteiger partial charge in [-0.1, -0.05) is 23.6 Å². The van der Waals surface area contributed by atoms with Crippen molar-refractivity contribution in [1.29, 1.82) is 0 Å². The monoisotopic (exact) mass is 220 g/mol. The summed E-state index contributed by atoms with van der Waals surface area (Å²) in [6, 6.07) is 15.3. The molecule has 2 nitrogen and oxygen atoms in total. The van der Waals surface area contributed by atoms with E-state index < -0.39 is 0 Å². The highest BCUT2D eigenvalue weighted by Gasteiger charge is 1.91. The van der Waals surface area contributed by atoms with E-state index >= 15 is 0 Å². The highest BCUT2D eigenvalue weighted by Crippen LogP contribution is 2.18. The summed E-state index contributed by atoms with van der Waals surface area (Å²) in [5.41, 5.74) is 3.70. The van der Waals surface area contributed by atoms with E-state index in [4.69, 9.17) is 6.42 Å². The molecule has 0 spiro atoms. The van der Waals surface area contributed by atoms with Crippen molar-refractivity contribution in [3.05, 3.63) is 59.7 Å². The molecule has 0 saturated carbocycles. The number of aryl methyl sites for hydroxylation is 1. The minimum atomic E-state index is 0.796. The molecule has 0 unspecified atom stereocenters. The molecule has 17 heavy (non-hydrogen) atoms. The maximum atomic E-state index is 5.28. The van der Waals surface area contributed by atoms with Gasteiger partial charge in [-0.2, -0.15) is 10.2 Å². The molecule has 2 heteroatoms. The van der Waals surface area contributed by atoms with Crippen molar-refractivity contribution < 1.29 is 0 Å². The molecule has 0 heterocycles. The second-order valence-corrected chi connectivity index (χ2v) is 3.73. The second kappa shape index (κ2) is 5.09. The van der Waals surface area contributed by atoms with Crippen LogP contribution in [0, 0.1) is 19.3 Å². The van der Waals surface area contributed by atoms with Crippen LogP contribution in [-0.2, 0) is 0 Å². The van der Waals surface area contributed by atoms with E-state index in [0.29, 0.717) is 0 Å². The number of hydrogen-bond donors (Lipinski definition) is 0. The molecule has 0 fully saturated rings. The maximum Gasteiger partial charge on any atom is 0.0857 e. The summed E-state index contributed by atoms with van der Waals surface area (Å²) in [7, 11) is 0. The van der Waals surface area contributed by atoms with Gasteiger partial charge in [0.2, 0.25) is 0 Å². The number of hydrogen-bond acceptors (Lipinski definition) is 2. The first-order valence-electron chi connectivity index (χ1n) is 5.33. The first kappa shape index (κ1) is 11.1. The van der Waals surface area contributed by atoms with E-state index in [1.807, 2.05) is 55.5 Å². The summed E-state index contributed by atoms with van der Waals surface area (Å²) in [4.78, 5) is 0. The third-order valence-corrected chi connectivity index (χ3v) is 2.35. The van der Waals surface area contributed by atoms with Crippen LogP contribution in [0.15, 0.2) is 58.8 Å². The van der Waals surface area contributed by atoms with Crippen LogP contribution >= 0.6 is 0 Å². The first-order chi connectivity index (χ1) is 8.28. The Labute approximate surface area is 101 Å². The fourth-order valence-electron chi connectivity index (χ4n) is 1.35. The van der Waals surface area contributed by atoms with Gasteiger partial charge in [0, 0.05) is 5.56 Å². The summed E-state index contributed by atoms with van der Waals surface area (Å²) >= 11 is 0. The second-order valence-electron chi connectivity index (χ2n) is 3.73. The van der Waals surface area contributed by atoms with Crippen LogP contribution < -0.4 is 0 Å².